The molecule has 4 aromatic heterocycles. The summed E-state index contributed by atoms with van der Waals surface area (Å²) in [6, 6.07) is 6.18. The molecule has 4 aromatic rings. The van der Waals surface area contributed by atoms with Crippen molar-refractivity contribution in [2.24, 2.45) is 7.05 Å². The molecule has 0 aromatic carbocycles. The SMILES string of the molecule is Cc1cc(C(=O)N2CCC(c3cn(C4CCCCC4)c4nc(Nc5ccn(C)n5)ncc34)CC2)cc(C)n1. The maximum Gasteiger partial charge on any atom is 0.253 e. The topological polar surface area (TPSA) is 93.8 Å². The highest BCUT2D eigenvalue weighted by Gasteiger charge is 2.29. The second-order valence-electron chi connectivity index (χ2n) is 10.9. The van der Waals surface area contributed by atoms with Gasteiger partial charge in [0.25, 0.3) is 5.91 Å². The van der Waals surface area contributed by atoms with Gasteiger partial charge in [-0.15, -0.1) is 0 Å². The summed E-state index contributed by atoms with van der Waals surface area (Å²) >= 11 is 0. The van der Waals surface area contributed by atoms with Crippen LogP contribution < -0.4 is 5.32 Å². The Hall–Kier alpha value is -3.75. The summed E-state index contributed by atoms with van der Waals surface area (Å²) in [5.41, 5.74) is 4.83. The molecule has 2 fully saturated rings. The second-order valence-corrected chi connectivity index (χ2v) is 10.9. The molecule has 0 unspecified atom stereocenters. The summed E-state index contributed by atoms with van der Waals surface area (Å²) in [4.78, 5) is 29.3. The summed E-state index contributed by atoms with van der Waals surface area (Å²) in [5, 5.41) is 8.81. The summed E-state index contributed by atoms with van der Waals surface area (Å²) in [7, 11) is 1.90. The lowest BCUT2D eigenvalue weighted by atomic mass is 9.89. The molecule has 1 saturated carbocycles. The Balaban J connectivity index is 1.26. The van der Waals surface area contributed by atoms with E-state index in [1.807, 2.05) is 56.4 Å². The number of carbonyl (C=O) groups is 1. The molecular formula is C29H36N8O. The van der Waals surface area contributed by atoms with Crippen LogP contribution in [0.2, 0.25) is 0 Å². The van der Waals surface area contributed by atoms with E-state index < -0.39 is 0 Å². The molecule has 1 saturated heterocycles. The van der Waals surface area contributed by atoms with Crippen LogP contribution in [0, 0.1) is 13.8 Å². The second kappa shape index (κ2) is 10.2. The number of anilines is 2. The maximum atomic E-state index is 13.2. The number of carbonyl (C=O) groups excluding carboxylic acids is 1. The number of nitrogens with one attached hydrogen (secondary N) is 1. The fourth-order valence-electron chi connectivity index (χ4n) is 6.21. The number of aromatic nitrogens is 6. The number of rotatable bonds is 5. The average molecular weight is 513 g/mol. The number of pyridine rings is 1. The normalized spacial score (nSPS) is 17.3. The lowest BCUT2D eigenvalue weighted by molar-refractivity contribution is 0.0713. The van der Waals surface area contributed by atoms with Crippen molar-refractivity contribution in [2.45, 2.75) is 70.8 Å². The van der Waals surface area contributed by atoms with Gasteiger partial charge in [-0.2, -0.15) is 10.1 Å². The fourth-order valence-corrected chi connectivity index (χ4v) is 6.21. The molecule has 1 aliphatic heterocycles. The van der Waals surface area contributed by atoms with Crippen molar-refractivity contribution in [2.75, 3.05) is 18.4 Å². The molecular weight excluding hydrogens is 476 g/mol. The third kappa shape index (κ3) is 4.89. The van der Waals surface area contributed by atoms with Crippen LogP contribution in [0.25, 0.3) is 11.0 Å². The number of piperidine rings is 1. The Morgan fingerprint density at radius 3 is 2.42 bits per heavy atom. The minimum atomic E-state index is 0.107. The van der Waals surface area contributed by atoms with Gasteiger partial charge in [-0.25, -0.2) is 4.98 Å². The first-order chi connectivity index (χ1) is 18.4. The van der Waals surface area contributed by atoms with Gasteiger partial charge in [0.2, 0.25) is 5.95 Å². The number of likely N-dealkylation sites (tertiary alicyclic amines) is 1. The Morgan fingerprint density at radius 1 is 1.00 bits per heavy atom. The van der Waals surface area contributed by atoms with Crippen LogP contribution in [0.3, 0.4) is 0 Å². The van der Waals surface area contributed by atoms with Crippen LogP contribution in [-0.4, -0.2) is 53.2 Å². The third-order valence-electron chi connectivity index (χ3n) is 8.07. The fraction of sp³-hybridized carbons (Fsp3) is 0.483. The van der Waals surface area contributed by atoms with Gasteiger partial charge in [-0.05, 0) is 63.1 Å². The van der Waals surface area contributed by atoms with Crippen LogP contribution in [0.4, 0.5) is 11.8 Å². The van der Waals surface area contributed by atoms with Gasteiger partial charge in [-0.1, -0.05) is 19.3 Å². The Kier molecular flexibility index (Phi) is 6.59. The molecule has 9 nitrogen and oxygen atoms in total. The number of hydrogen-bond acceptors (Lipinski definition) is 6. The van der Waals surface area contributed by atoms with E-state index in [1.54, 1.807) is 4.68 Å². The van der Waals surface area contributed by atoms with E-state index in [0.717, 1.165) is 59.7 Å². The lowest BCUT2D eigenvalue weighted by Gasteiger charge is -2.32. The minimum Gasteiger partial charge on any atom is -0.339 e. The van der Waals surface area contributed by atoms with Gasteiger partial charge in [0.15, 0.2) is 5.82 Å². The van der Waals surface area contributed by atoms with Crippen LogP contribution in [0.15, 0.2) is 36.8 Å². The molecule has 0 bridgehead atoms. The third-order valence-corrected chi connectivity index (χ3v) is 8.07. The number of aryl methyl sites for hydroxylation is 3. The standard InChI is InChI=1S/C29H36N8O/c1-19-15-22(16-20(2)31-19)28(38)36-13-9-21(10-14-36)25-18-37(23-7-5-4-6-8-23)27-24(25)17-30-29(33-27)32-26-11-12-35(3)34-26/h11-12,15-18,21,23H,4-10,13-14H2,1-3H3,(H,30,32,33,34). The Labute approximate surface area is 223 Å². The van der Waals surface area contributed by atoms with Gasteiger partial charge in [0.1, 0.15) is 5.65 Å². The van der Waals surface area contributed by atoms with Gasteiger partial charge in [0, 0.05) is 73.2 Å². The van der Waals surface area contributed by atoms with E-state index in [9.17, 15) is 4.79 Å². The number of amides is 1. The van der Waals surface area contributed by atoms with Gasteiger partial charge < -0.3 is 14.8 Å². The molecule has 0 spiro atoms. The van der Waals surface area contributed by atoms with Crippen molar-refractivity contribution < 1.29 is 4.79 Å². The monoisotopic (exact) mass is 512 g/mol. The van der Waals surface area contributed by atoms with E-state index >= 15 is 0 Å². The van der Waals surface area contributed by atoms with Crippen molar-refractivity contribution in [3.63, 3.8) is 0 Å². The van der Waals surface area contributed by atoms with E-state index in [-0.39, 0.29) is 5.91 Å². The van der Waals surface area contributed by atoms with Crippen LogP contribution in [0.1, 0.15) is 84.2 Å². The van der Waals surface area contributed by atoms with Crippen LogP contribution in [-0.2, 0) is 7.05 Å². The highest BCUT2D eigenvalue weighted by atomic mass is 16.2. The first kappa shape index (κ1) is 24.6. The Morgan fingerprint density at radius 2 is 1.74 bits per heavy atom. The quantitative estimate of drug-likeness (QED) is 0.382. The predicted molar refractivity (Wildman–Crippen MR) is 148 cm³/mol. The number of nitrogens with zero attached hydrogens (tertiary/aromatic N) is 7. The maximum absolute atomic E-state index is 13.2. The van der Waals surface area contributed by atoms with Crippen molar-refractivity contribution in [1.29, 1.82) is 0 Å². The molecule has 5 heterocycles. The first-order valence-electron chi connectivity index (χ1n) is 13.8. The predicted octanol–water partition coefficient (Wildman–Crippen LogP) is 5.45. The Bertz CT molecular complexity index is 1440. The molecule has 1 aliphatic carbocycles. The molecule has 6 rings (SSSR count). The van der Waals surface area contributed by atoms with Crippen LogP contribution >= 0.6 is 0 Å². The lowest BCUT2D eigenvalue weighted by Crippen LogP contribution is -2.38. The summed E-state index contributed by atoms with van der Waals surface area (Å²) < 4.78 is 4.17. The molecule has 2 aliphatic rings. The van der Waals surface area contributed by atoms with Crippen molar-refractivity contribution >= 4 is 28.7 Å². The highest BCUT2D eigenvalue weighted by molar-refractivity contribution is 5.94. The summed E-state index contributed by atoms with van der Waals surface area (Å²) in [5.74, 6) is 1.79. The van der Waals surface area contributed by atoms with E-state index in [1.165, 1.54) is 37.7 Å². The molecule has 198 valence electrons. The van der Waals surface area contributed by atoms with E-state index in [4.69, 9.17) is 4.98 Å². The molecule has 1 amide bonds. The largest absolute Gasteiger partial charge is 0.339 e. The molecule has 0 radical (unpaired) electrons. The van der Waals surface area contributed by atoms with Crippen LogP contribution in [0.5, 0.6) is 0 Å². The van der Waals surface area contributed by atoms with Gasteiger partial charge in [-0.3, -0.25) is 14.5 Å². The number of fused-ring (bicyclic) bond motifs is 1. The summed E-state index contributed by atoms with van der Waals surface area (Å²) in [6.07, 6.45) is 14.3. The smallest absolute Gasteiger partial charge is 0.253 e. The zero-order valence-electron chi connectivity index (χ0n) is 22.5. The molecule has 0 atom stereocenters. The molecule has 38 heavy (non-hydrogen) atoms. The van der Waals surface area contributed by atoms with E-state index in [0.29, 0.717) is 17.9 Å². The number of hydrogen-bond donors (Lipinski definition) is 1. The highest BCUT2D eigenvalue weighted by Crippen LogP contribution is 2.38. The van der Waals surface area contributed by atoms with Crippen molar-refractivity contribution in [1.82, 2.24) is 34.2 Å². The average Bonchev–Trinajstić information content (AvgIpc) is 3.51. The molecule has 1 N–H and O–H groups in total. The van der Waals surface area contributed by atoms with E-state index in [2.05, 4.69) is 31.1 Å². The van der Waals surface area contributed by atoms with Crippen molar-refractivity contribution in [3.8, 4) is 0 Å². The zero-order chi connectivity index (χ0) is 26.2. The minimum absolute atomic E-state index is 0.107. The first-order valence-corrected chi connectivity index (χ1v) is 13.8. The van der Waals surface area contributed by atoms with Gasteiger partial charge >= 0.3 is 0 Å². The summed E-state index contributed by atoms with van der Waals surface area (Å²) in [6.45, 7) is 5.38. The van der Waals surface area contributed by atoms with Crippen molar-refractivity contribution in [3.05, 3.63) is 59.3 Å². The zero-order valence-corrected chi connectivity index (χ0v) is 22.5. The van der Waals surface area contributed by atoms with Gasteiger partial charge in [0.05, 0.1) is 0 Å². The molecule has 9 heteroatoms.